The van der Waals surface area contributed by atoms with Gasteiger partial charge in [0.25, 0.3) is 5.56 Å². The van der Waals surface area contributed by atoms with Gasteiger partial charge in [-0.25, -0.2) is 4.68 Å². The largest absolute Gasteiger partial charge is 0.494 e. The van der Waals surface area contributed by atoms with E-state index < -0.39 is 6.04 Å². The van der Waals surface area contributed by atoms with Gasteiger partial charge in [-0.3, -0.25) is 14.6 Å². The van der Waals surface area contributed by atoms with E-state index in [0.717, 1.165) is 80.3 Å². The molecule has 1 N–H and O–H groups in total. The molecule has 2 fully saturated rings. The highest BCUT2D eigenvalue weighted by Crippen LogP contribution is 2.33. The summed E-state index contributed by atoms with van der Waals surface area (Å²) in [6, 6.07) is 13.4. The minimum atomic E-state index is -0.419. The van der Waals surface area contributed by atoms with Crippen molar-refractivity contribution in [2.45, 2.75) is 45.0 Å². The van der Waals surface area contributed by atoms with Crippen LogP contribution in [0.25, 0.3) is 10.9 Å². The lowest BCUT2D eigenvalue weighted by Gasteiger charge is -2.38. The van der Waals surface area contributed by atoms with Gasteiger partial charge in [-0.15, -0.1) is 5.10 Å². The molecule has 0 aliphatic carbocycles. The van der Waals surface area contributed by atoms with Crippen LogP contribution in [0.15, 0.2) is 47.3 Å². The Morgan fingerprint density at radius 1 is 1.07 bits per heavy atom. The van der Waals surface area contributed by atoms with E-state index >= 15 is 0 Å². The van der Waals surface area contributed by atoms with Crippen molar-refractivity contribution in [3.05, 3.63) is 69.8 Å². The van der Waals surface area contributed by atoms with E-state index in [9.17, 15) is 4.79 Å². The minimum Gasteiger partial charge on any atom is -0.494 e. The number of tetrazole rings is 1. The van der Waals surface area contributed by atoms with Crippen LogP contribution in [0, 0.1) is 0 Å². The Bertz CT molecular complexity index is 1610. The number of nitrogens with one attached hydrogen (secondary N) is 1. The van der Waals surface area contributed by atoms with Crippen LogP contribution in [0.3, 0.4) is 0 Å². The molecule has 0 saturated carbocycles. The van der Waals surface area contributed by atoms with Gasteiger partial charge >= 0.3 is 0 Å². The summed E-state index contributed by atoms with van der Waals surface area (Å²) in [4.78, 5) is 21.5. The molecule has 0 bridgehead atoms. The van der Waals surface area contributed by atoms with Crippen molar-refractivity contribution in [1.29, 1.82) is 0 Å². The zero-order valence-corrected chi connectivity index (χ0v) is 23.7. The predicted molar refractivity (Wildman–Crippen MR) is 154 cm³/mol. The van der Waals surface area contributed by atoms with Crippen LogP contribution in [-0.4, -0.2) is 87.3 Å². The van der Waals surface area contributed by atoms with Crippen molar-refractivity contribution >= 4 is 10.9 Å². The van der Waals surface area contributed by atoms with Crippen molar-refractivity contribution in [2.24, 2.45) is 0 Å². The summed E-state index contributed by atoms with van der Waals surface area (Å²) in [6.45, 7) is 8.08. The number of aromatic amines is 1. The molecule has 220 valence electrons. The first-order chi connectivity index (χ1) is 20.6. The zero-order chi connectivity index (χ0) is 28.5. The molecule has 3 aliphatic rings. The van der Waals surface area contributed by atoms with E-state index in [0.29, 0.717) is 24.5 Å². The molecule has 12 nitrogen and oxygen atoms in total. The van der Waals surface area contributed by atoms with E-state index in [4.69, 9.17) is 18.9 Å². The molecule has 2 aromatic heterocycles. The zero-order valence-electron chi connectivity index (χ0n) is 23.7. The van der Waals surface area contributed by atoms with Gasteiger partial charge in [-0.2, -0.15) is 0 Å². The number of pyridine rings is 1. The van der Waals surface area contributed by atoms with Crippen molar-refractivity contribution in [2.75, 3.05) is 46.2 Å². The molecule has 4 aromatic rings. The molecule has 2 atom stereocenters. The fourth-order valence-corrected chi connectivity index (χ4v) is 6.16. The monoisotopic (exact) mass is 573 g/mol. The summed E-state index contributed by atoms with van der Waals surface area (Å²) in [5.41, 5.74) is 2.41. The first-order valence-corrected chi connectivity index (χ1v) is 14.7. The van der Waals surface area contributed by atoms with Crippen LogP contribution in [-0.2, 0) is 17.8 Å². The van der Waals surface area contributed by atoms with E-state index in [-0.39, 0.29) is 18.5 Å². The molecule has 0 spiro atoms. The number of ether oxygens (including phenoxy) is 4. The predicted octanol–water partition coefficient (Wildman–Crippen LogP) is 2.73. The topological polar surface area (TPSA) is 120 Å². The maximum atomic E-state index is 13.6. The first-order valence-electron chi connectivity index (χ1n) is 14.7. The number of fused-ring (bicyclic) bond motifs is 2. The standard InChI is InChI=1S/C30H35N7O5/c1-2-39-22-6-7-25-21(15-22)16-24(30(38)31-25)28(29-32-33-34-37(29)18-23-4-3-13-40-23)36-11-9-35(10-12-36)17-20-5-8-26-27(14-20)42-19-41-26/h5-8,14-16,23,28H,2-4,9-13,17-19H2,1H3,(H,31,38)/t23-,28-/m1/s1. The fraction of sp³-hybridized carbons (Fsp3) is 0.467. The normalized spacial score (nSPS) is 19.9. The van der Waals surface area contributed by atoms with Crippen LogP contribution < -0.4 is 19.8 Å². The molecular formula is C30H35N7O5. The van der Waals surface area contributed by atoms with E-state index in [1.807, 2.05) is 41.9 Å². The Labute approximate surface area is 243 Å². The van der Waals surface area contributed by atoms with E-state index in [1.165, 1.54) is 5.56 Å². The van der Waals surface area contributed by atoms with Gasteiger partial charge in [0.1, 0.15) is 11.8 Å². The number of benzene rings is 2. The third-order valence-electron chi connectivity index (χ3n) is 8.27. The van der Waals surface area contributed by atoms with Crippen LogP contribution in [0.5, 0.6) is 17.2 Å². The van der Waals surface area contributed by atoms with Crippen LogP contribution >= 0.6 is 0 Å². The molecule has 42 heavy (non-hydrogen) atoms. The number of hydrogen-bond acceptors (Lipinski definition) is 10. The van der Waals surface area contributed by atoms with Crippen molar-refractivity contribution < 1.29 is 18.9 Å². The van der Waals surface area contributed by atoms with Gasteiger partial charge in [0.15, 0.2) is 17.3 Å². The summed E-state index contributed by atoms with van der Waals surface area (Å²) in [5.74, 6) is 3.01. The van der Waals surface area contributed by atoms with Crippen LogP contribution in [0.2, 0.25) is 0 Å². The Morgan fingerprint density at radius 2 is 1.95 bits per heavy atom. The second-order valence-corrected chi connectivity index (χ2v) is 11.0. The first kappa shape index (κ1) is 26.9. The summed E-state index contributed by atoms with van der Waals surface area (Å²) >= 11 is 0. The van der Waals surface area contributed by atoms with Crippen LogP contribution in [0.4, 0.5) is 0 Å². The maximum Gasteiger partial charge on any atom is 0.253 e. The number of H-pyrrole nitrogens is 1. The number of nitrogens with zero attached hydrogens (tertiary/aromatic N) is 6. The van der Waals surface area contributed by atoms with Crippen molar-refractivity contribution in [1.82, 2.24) is 35.0 Å². The third kappa shape index (κ3) is 5.44. The molecule has 7 rings (SSSR count). The molecule has 2 saturated heterocycles. The van der Waals surface area contributed by atoms with Gasteiger partial charge in [-0.1, -0.05) is 6.07 Å². The second kappa shape index (κ2) is 11.7. The Hall–Kier alpha value is -4.00. The van der Waals surface area contributed by atoms with Gasteiger partial charge in [0.05, 0.1) is 19.3 Å². The number of aromatic nitrogens is 5. The highest BCUT2D eigenvalue weighted by molar-refractivity contribution is 5.80. The summed E-state index contributed by atoms with van der Waals surface area (Å²) in [5, 5.41) is 13.8. The van der Waals surface area contributed by atoms with E-state index in [2.05, 4.69) is 42.4 Å². The number of hydrogen-bond donors (Lipinski definition) is 1. The fourth-order valence-electron chi connectivity index (χ4n) is 6.16. The molecule has 2 aromatic carbocycles. The van der Waals surface area contributed by atoms with E-state index in [1.54, 1.807) is 0 Å². The molecular weight excluding hydrogens is 538 g/mol. The molecule has 3 aliphatic heterocycles. The third-order valence-corrected chi connectivity index (χ3v) is 8.27. The summed E-state index contributed by atoms with van der Waals surface area (Å²) in [6.07, 6.45) is 2.07. The summed E-state index contributed by atoms with van der Waals surface area (Å²) in [7, 11) is 0. The second-order valence-electron chi connectivity index (χ2n) is 11.0. The highest BCUT2D eigenvalue weighted by atomic mass is 16.7. The van der Waals surface area contributed by atoms with Gasteiger partial charge in [0, 0.05) is 55.8 Å². The van der Waals surface area contributed by atoms with Gasteiger partial charge < -0.3 is 23.9 Å². The highest BCUT2D eigenvalue weighted by Gasteiger charge is 2.33. The Kier molecular flexibility index (Phi) is 7.49. The molecule has 5 heterocycles. The lowest BCUT2D eigenvalue weighted by molar-refractivity contribution is 0.0840. The van der Waals surface area contributed by atoms with Gasteiger partial charge in [-0.05, 0) is 72.2 Å². The smallest absolute Gasteiger partial charge is 0.253 e. The van der Waals surface area contributed by atoms with Crippen LogP contribution in [0.1, 0.15) is 42.8 Å². The number of rotatable bonds is 9. The molecule has 0 unspecified atom stereocenters. The summed E-state index contributed by atoms with van der Waals surface area (Å²) < 4.78 is 24.5. The molecule has 0 radical (unpaired) electrons. The average Bonchev–Trinajstić information content (AvgIpc) is 3.78. The maximum absolute atomic E-state index is 13.6. The SMILES string of the molecule is CCOc1ccc2[nH]c(=O)c([C@H](c3nnnn3C[C@H]3CCCO3)N3CCN(Cc4ccc5c(c4)OCO5)CC3)cc2c1. The average molecular weight is 574 g/mol. The quantitative estimate of drug-likeness (QED) is 0.320. The van der Waals surface area contributed by atoms with Crippen molar-refractivity contribution in [3.63, 3.8) is 0 Å². The Morgan fingerprint density at radius 3 is 2.79 bits per heavy atom. The minimum absolute atomic E-state index is 0.0649. The number of piperazine rings is 1. The lowest BCUT2D eigenvalue weighted by Crippen LogP contribution is -2.48. The molecule has 12 heteroatoms. The van der Waals surface area contributed by atoms with Crippen molar-refractivity contribution in [3.8, 4) is 17.2 Å². The van der Waals surface area contributed by atoms with Gasteiger partial charge in [0.2, 0.25) is 6.79 Å². The Balaban J connectivity index is 1.18. The molecule has 0 amide bonds. The lowest BCUT2D eigenvalue weighted by atomic mass is 10.0.